The normalized spacial score (nSPS) is 10.8. The average molecular weight is 261 g/mol. The third kappa shape index (κ3) is 3.13. The molecule has 0 bridgehead atoms. The molecule has 0 amide bonds. The first kappa shape index (κ1) is 12.7. The summed E-state index contributed by atoms with van der Waals surface area (Å²) in [6.45, 7) is 3.99. The van der Waals surface area contributed by atoms with Gasteiger partial charge in [-0.1, -0.05) is 25.6 Å². The first-order valence-corrected chi connectivity index (χ1v) is 6.51. The number of nitrogens with two attached hydrogens (primary N) is 1. The molecule has 0 saturated heterocycles. The SMILES string of the molecule is CC(C)c1nc(Sc2ccc(N)cc2)cc(=O)[nH]1. The molecule has 0 aliphatic rings. The topological polar surface area (TPSA) is 71.8 Å². The maximum atomic E-state index is 11.5. The molecule has 94 valence electrons. The molecule has 0 aliphatic carbocycles. The third-order valence-electron chi connectivity index (χ3n) is 2.39. The Morgan fingerprint density at radius 1 is 1.28 bits per heavy atom. The smallest absolute Gasteiger partial charge is 0.252 e. The predicted octanol–water partition coefficient (Wildman–Crippen LogP) is 2.63. The molecule has 0 saturated carbocycles. The molecule has 1 aromatic carbocycles. The Morgan fingerprint density at radius 2 is 1.94 bits per heavy atom. The summed E-state index contributed by atoms with van der Waals surface area (Å²) >= 11 is 1.46. The van der Waals surface area contributed by atoms with Gasteiger partial charge in [-0.15, -0.1) is 0 Å². The zero-order valence-electron chi connectivity index (χ0n) is 10.3. The lowest BCUT2D eigenvalue weighted by atomic mass is 10.2. The standard InChI is InChI=1S/C13H15N3OS/c1-8(2)13-15-11(17)7-12(16-13)18-10-5-3-9(14)4-6-10/h3-8H,14H2,1-2H3,(H,15,16,17). The Bertz CT molecular complexity index is 590. The molecule has 0 radical (unpaired) electrons. The Morgan fingerprint density at radius 3 is 2.56 bits per heavy atom. The van der Waals surface area contributed by atoms with Crippen LogP contribution in [0, 0.1) is 0 Å². The van der Waals surface area contributed by atoms with E-state index in [4.69, 9.17) is 5.73 Å². The van der Waals surface area contributed by atoms with Crippen molar-refractivity contribution < 1.29 is 0 Å². The molecule has 0 aliphatic heterocycles. The number of hydrogen-bond donors (Lipinski definition) is 2. The highest BCUT2D eigenvalue weighted by atomic mass is 32.2. The highest BCUT2D eigenvalue weighted by molar-refractivity contribution is 7.99. The summed E-state index contributed by atoms with van der Waals surface area (Å²) in [6.07, 6.45) is 0. The van der Waals surface area contributed by atoms with Crippen LogP contribution in [0.2, 0.25) is 0 Å². The fourth-order valence-corrected chi connectivity index (χ4v) is 2.26. The lowest BCUT2D eigenvalue weighted by molar-refractivity contribution is 0.744. The number of aromatic amines is 1. The van der Waals surface area contributed by atoms with Gasteiger partial charge in [0.1, 0.15) is 10.9 Å². The monoisotopic (exact) mass is 261 g/mol. The molecule has 2 aromatic rings. The van der Waals surface area contributed by atoms with E-state index in [0.717, 1.165) is 10.6 Å². The predicted molar refractivity (Wildman–Crippen MR) is 73.9 cm³/mol. The van der Waals surface area contributed by atoms with Gasteiger partial charge in [0.15, 0.2) is 0 Å². The van der Waals surface area contributed by atoms with Crippen LogP contribution in [0.15, 0.2) is 45.0 Å². The molecule has 0 unspecified atom stereocenters. The molecule has 1 heterocycles. The second-order valence-corrected chi connectivity index (χ2v) is 5.39. The van der Waals surface area contributed by atoms with E-state index in [2.05, 4.69) is 9.97 Å². The molecule has 18 heavy (non-hydrogen) atoms. The number of nitrogens with one attached hydrogen (secondary N) is 1. The van der Waals surface area contributed by atoms with Crippen LogP contribution in [0.1, 0.15) is 25.6 Å². The van der Waals surface area contributed by atoms with Gasteiger partial charge in [0.05, 0.1) is 0 Å². The van der Waals surface area contributed by atoms with Crippen molar-refractivity contribution in [2.75, 3.05) is 5.73 Å². The molecule has 0 spiro atoms. The summed E-state index contributed by atoms with van der Waals surface area (Å²) in [6, 6.07) is 9.00. The lowest BCUT2D eigenvalue weighted by Crippen LogP contribution is -2.11. The molecule has 0 fully saturated rings. The van der Waals surface area contributed by atoms with Gasteiger partial charge in [0.25, 0.3) is 5.56 Å². The number of nitrogen functional groups attached to an aromatic ring is 1. The molecular weight excluding hydrogens is 246 g/mol. The number of aromatic nitrogens is 2. The minimum atomic E-state index is -0.119. The van der Waals surface area contributed by atoms with E-state index in [9.17, 15) is 4.79 Å². The molecule has 5 heteroatoms. The first-order valence-electron chi connectivity index (χ1n) is 5.69. The van der Waals surface area contributed by atoms with Crippen molar-refractivity contribution in [2.45, 2.75) is 29.7 Å². The lowest BCUT2D eigenvalue weighted by Gasteiger charge is -2.06. The van der Waals surface area contributed by atoms with Gasteiger partial charge in [-0.2, -0.15) is 0 Å². The molecule has 0 atom stereocenters. The van der Waals surface area contributed by atoms with Gasteiger partial charge in [0, 0.05) is 22.6 Å². The van der Waals surface area contributed by atoms with Crippen LogP contribution in [0.3, 0.4) is 0 Å². The van der Waals surface area contributed by atoms with E-state index in [-0.39, 0.29) is 11.5 Å². The van der Waals surface area contributed by atoms with Crippen molar-refractivity contribution >= 4 is 17.4 Å². The van der Waals surface area contributed by atoms with Crippen LogP contribution in [-0.4, -0.2) is 9.97 Å². The highest BCUT2D eigenvalue weighted by Crippen LogP contribution is 2.26. The molecule has 1 aromatic heterocycles. The summed E-state index contributed by atoms with van der Waals surface area (Å²) in [5, 5.41) is 0.701. The molecular formula is C13H15N3OS. The van der Waals surface area contributed by atoms with E-state index in [0.29, 0.717) is 10.9 Å². The van der Waals surface area contributed by atoms with Gasteiger partial charge < -0.3 is 10.7 Å². The van der Waals surface area contributed by atoms with Crippen LogP contribution in [0.25, 0.3) is 0 Å². The van der Waals surface area contributed by atoms with Gasteiger partial charge >= 0.3 is 0 Å². The zero-order valence-corrected chi connectivity index (χ0v) is 11.1. The maximum Gasteiger partial charge on any atom is 0.252 e. The van der Waals surface area contributed by atoms with Gasteiger partial charge in [0.2, 0.25) is 0 Å². The largest absolute Gasteiger partial charge is 0.399 e. The average Bonchev–Trinajstić information content (AvgIpc) is 2.31. The maximum absolute atomic E-state index is 11.5. The van der Waals surface area contributed by atoms with Crippen LogP contribution in [0.5, 0.6) is 0 Å². The van der Waals surface area contributed by atoms with Crippen molar-refractivity contribution in [2.24, 2.45) is 0 Å². The Kier molecular flexibility index (Phi) is 3.72. The van der Waals surface area contributed by atoms with Crippen molar-refractivity contribution in [1.29, 1.82) is 0 Å². The van der Waals surface area contributed by atoms with Crippen molar-refractivity contribution in [3.05, 3.63) is 46.5 Å². The molecule has 4 nitrogen and oxygen atoms in total. The van der Waals surface area contributed by atoms with Gasteiger partial charge in [-0.3, -0.25) is 4.79 Å². The minimum absolute atomic E-state index is 0.119. The second-order valence-electron chi connectivity index (χ2n) is 4.29. The number of rotatable bonds is 3. The van der Waals surface area contributed by atoms with E-state index in [1.54, 1.807) is 0 Å². The van der Waals surface area contributed by atoms with Crippen LogP contribution < -0.4 is 11.3 Å². The van der Waals surface area contributed by atoms with Gasteiger partial charge in [-0.25, -0.2) is 4.98 Å². The van der Waals surface area contributed by atoms with E-state index < -0.39 is 0 Å². The van der Waals surface area contributed by atoms with Crippen LogP contribution >= 0.6 is 11.8 Å². The number of H-pyrrole nitrogens is 1. The van der Waals surface area contributed by atoms with Crippen molar-refractivity contribution in [1.82, 2.24) is 9.97 Å². The third-order valence-corrected chi connectivity index (χ3v) is 3.31. The molecule has 3 N–H and O–H groups in total. The number of hydrogen-bond acceptors (Lipinski definition) is 4. The summed E-state index contributed by atoms with van der Waals surface area (Å²) in [4.78, 5) is 19.7. The quantitative estimate of drug-likeness (QED) is 0.658. The number of anilines is 1. The minimum Gasteiger partial charge on any atom is -0.399 e. The van der Waals surface area contributed by atoms with E-state index in [1.807, 2.05) is 38.1 Å². The number of benzene rings is 1. The summed E-state index contributed by atoms with van der Waals surface area (Å²) in [7, 11) is 0. The Balaban J connectivity index is 2.28. The Labute approximate surface area is 110 Å². The van der Waals surface area contributed by atoms with Crippen LogP contribution in [-0.2, 0) is 0 Å². The van der Waals surface area contributed by atoms with E-state index >= 15 is 0 Å². The number of nitrogens with zero attached hydrogens (tertiary/aromatic N) is 1. The summed E-state index contributed by atoms with van der Waals surface area (Å²) in [5.41, 5.74) is 6.23. The van der Waals surface area contributed by atoms with Crippen LogP contribution in [0.4, 0.5) is 5.69 Å². The highest BCUT2D eigenvalue weighted by Gasteiger charge is 2.06. The van der Waals surface area contributed by atoms with E-state index in [1.165, 1.54) is 17.8 Å². The van der Waals surface area contributed by atoms with Crippen molar-refractivity contribution in [3.63, 3.8) is 0 Å². The fourth-order valence-electron chi connectivity index (χ4n) is 1.44. The fraction of sp³-hybridized carbons (Fsp3) is 0.231. The summed E-state index contributed by atoms with van der Waals surface area (Å²) < 4.78 is 0. The van der Waals surface area contributed by atoms with Gasteiger partial charge in [-0.05, 0) is 24.3 Å². The summed E-state index contributed by atoms with van der Waals surface area (Å²) in [5.74, 6) is 0.908. The Hall–Kier alpha value is -1.75. The van der Waals surface area contributed by atoms with Crippen molar-refractivity contribution in [3.8, 4) is 0 Å². The zero-order chi connectivity index (χ0) is 13.1. The first-order chi connectivity index (χ1) is 8.54. The second kappa shape index (κ2) is 5.27. The molecule has 2 rings (SSSR count).